The van der Waals surface area contributed by atoms with Gasteiger partial charge >= 0.3 is 0 Å². The molecule has 0 fully saturated rings. The van der Waals surface area contributed by atoms with Crippen molar-refractivity contribution in [2.75, 3.05) is 0 Å². The maximum absolute atomic E-state index is 15.8. The first-order valence-corrected chi connectivity index (χ1v) is 15.9. The smallest absolute Gasteiger partial charge is 0.243 e. The average molecular weight is 602 g/mol. The minimum absolute atomic E-state index is 0.127. The molecule has 0 aliphatic carbocycles. The fourth-order valence-corrected chi connectivity index (χ4v) is 9.86. The van der Waals surface area contributed by atoms with Gasteiger partial charge in [-0.25, -0.2) is 0 Å². The summed E-state index contributed by atoms with van der Waals surface area (Å²) in [7, 11) is -3.48. The second-order valence-electron chi connectivity index (χ2n) is 10.1. The molecule has 1 aromatic heterocycles. The molecule has 5 aromatic carbocycles. The third-order valence-electron chi connectivity index (χ3n) is 7.96. The zero-order valence-electron chi connectivity index (χ0n) is 21.5. The highest BCUT2D eigenvalue weighted by molar-refractivity contribution is 9.10. The fourth-order valence-electron chi connectivity index (χ4n) is 6.27. The van der Waals surface area contributed by atoms with E-state index in [9.17, 15) is 4.79 Å². The van der Waals surface area contributed by atoms with E-state index in [0.717, 1.165) is 37.8 Å². The van der Waals surface area contributed by atoms with E-state index in [1.54, 1.807) is 0 Å². The van der Waals surface area contributed by atoms with Crippen LogP contribution in [-0.4, -0.2) is 16.1 Å². The zero-order chi connectivity index (χ0) is 27.3. The van der Waals surface area contributed by atoms with Crippen LogP contribution in [0.15, 0.2) is 144 Å². The molecule has 194 valence electrons. The van der Waals surface area contributed by atoms with Crippen molar-refractivity contribution >= 4 is 50.5 Å². The van der Waals surface area contributed by atoms with Gasteiger partial charge in [0.2, 0.25) is 5.91 Å². The number of para-hydroxylation sites is 1. The Bertz CT molecular complexity index is 1850. The summed E-state index contributed by atoms with van der Waals surface area (Å²) >= 11 is 3.58. The molecule has 0 N–H and O–H groups in total. The molecule has 0 saturated carbocycles. The number of carbonyl (C=O) groups is 1. The normalized spacial score (nSPS) is 16.8. The zero-order valence-corrected chi connectivity index (χ0v) is 24.0. The van der Waals surface area contributed by atoms with Crippen molar-refractivity contribution < 1.29 is 9.36 Å². The first-order chi connectivity index (χ1) is 19.6. The summed E-state index contributed by atoms with van der Waals surface area (Å²) in [6, 6.07) is 45.5. The van der Waals surface area contributed by atoms with E-state index in [4.69, 9.17) is 0 Å². The lowest BCUT2D eigenvalue weighted by molar-refractivity contribution is 0.0930. The van der Waals surface area contributed by atoms with Crippen molar-refractivity contribution in [3.05, 3.63) is 155 Å². The second kappa shape index (κ2) is 9.89. The summed E-state index contributed by atoms with van der Waals surface area (Å²) in [5.41, 5.74) is 3.97. The molecule has 2 heterocycles. The van der Waals surface area contributed by atoms with Crippen LogP contribution in [0.4, 0.5) is 0 Å². The van der Waals surface area contributed by atoms with Crippen LogP contribution in [0.1, 0.15) is 22.0 Å². The molecule has 0 unspecified atom stereocenters. The summed E-state index contributed by atoms with van der Waals surface area (Å²) < 4.78 is 18.6. The Morgan fingerprint density at radius 1 is 0.625 bits per heavy atom. The maximum atomic E-state index is 15.8. The van der Waals surface area contributed by atoms with Gasteiger partial charge < -0.3 is 4.57 Å². The van der Waals surface area contributed by atoms with E-state index in [-0.39, 0.29) is 5.91 Å². The van der Waals surface area contributed by atoms with Crippen LogP contribution >= 0.6 is 23.1 Å². The number of nitrogens with zero attached hydrogens (tertiary/aromatic N) is 1. The third-order valence-corrected chi connectivity index (χ3v) is 11.9. The van der Waals surface area contributed by atoms with Crippen molar-refractivity contribution in [3.8, 4) is 11.1 Å². The lowest BCUT2D eigenvalue weighted by Crippen LogP contribution is -2.33. The van der Waals surface area contributed by atoms with Gasteiger partial charge in [0.1, 0.15) is 5.66 Å². The van der Waals surface area contributed by atoms with Gasteiger partial charge in [-0.1, -0.05) is 137 Å². The Hall–Kier alpha value is -3.98. The van der Waals surface area contributed by atoms with Crippen molar-refractivity contribution in [3.63, 3.8) is 0 Å². The SMILES string of the molecule is O=C1[C@@H](P(=O)(c2ccccc2)c2ccccc2)[C@H](c2ccc(Br)cc2)c2c(-c3ccccc3)c3ccccc3n21. The number of benzene rings is 5. The van der Waals surface area contributed by atoms with Crippen molar-refractivity contribution in [1.82, 2.24) is 4.57 Å². The molecule has 6 aromatic rings. The van der Waals surface area contributed by atoms with Crippen LogP contribution in [0.3, 0.4) is 0 Å². The first-order valence-electron chi connectivity index (χ1n) is 13.3. The Kier molecular flexibility index (Phi) is 6.19. The first kappa shape index (κ1) is 25.0. The summed E-state index contributed by atoms with van der Waals surface area (Å²) in [5.74, 6) is -0.549. The maximum Gasteiger partial charge on any atom is 0.243 e. The lowest BCUT2D eigenvalue weighted by Gasteiger charge is -2.29. The Labute approximate surface area is 241 Å². The van der Waals surface area contributed by atoms with Gasteiger partial charge in [-0.3, -0.25) is 9.36 Å². The van der Waals surface area contributed by atoms with Crippen LogP contribution < -0.4 is 10.6 Å². The van der Waals surface area contributed by atoms with Crippen molar-refractivity contribution in [2.45, 2.75) is 11.6 Å². The van der Waals surface area contributed by atoms with E-state index < -0.39 is 18.7 Å². The molecular weight excluding hydrogens is 577 g/mol. The number of aromatic nitrogens is 1. The molecule has 3 nitrogen and oxygen atoms in total. The van der Waals surface area contributed by atoms with Gasteiger partial charge in [-0.15, -0.1) is 0 Å². The molecule has 0 saturated heterocycles. The van der Waals surface area contributed by atoms with Crippen LogP contribution in [0.2, 0.25) is 0 Å². The minimum atomic E-state index is -3.48. The molecule has 1 aliphatic heterocycles. The van der Waals surface area contributed by atoms with Crippen molar-refractivity contribution in [2.24, 2.45) is 0 Å². The number of rotatable bonds is 5. The predicted molar refractivity (Wildman–Crippen MR) is 168 cm³/mol. The van der Waals surface area contributed by atoms with E-state index >= 15 is 4.57 Å². The molecule has 5 heteroatoms. The van der Waals surface area contributed by atoms with Crippen LogP contribution in [0.25, 0.3) is 22.0 Å². The van der Waals surface area contributed by atoms with Gasteiger partial charge in [-0.2, -0.15) is 0 Å². The second-order valence-corrected chi connectivity index (χ2v) is 13.9. The average Bonchev–Trinajstić information content (AvgIpc) is 3.51. The molecule has 0 amide bonds. The molecule has 2 atom stereocenters. The quantitative estimate of drug-likeness (QED) is 0.187. The van der Waals surface area contributed by atoms with E-state index in [2.05, 4.69) is 46.3 Å². The summed E-state index contributed by atoms with van der Waals surface area (Å²) in [6.45, 7) is 0. The number of halogens is 1. The highest BCUT2D eigenvalue weighted by Gasteiger charge is 2.54. The number of fused-ring (bicyclic) bond motifs is 3. The topological polar surface area (TPSA) is 39.1 Å². The van der Waals surface area contributed by atoms with Gasteiger partial charge in [0.25, 0.3) is 0 Å². The Balaban J connectivity index is 1.60. The molecular formula is C35H25BrNO2P. The standard InChI is InChI=1S/C35H25BrNO2P/c36-26-22-20-25(21-23-26)32-33-31(24-12-4-1-5-13-24)29-18-10-11-19-30(29)37(33)35(38)34(32)40(39,27-14-6-2-7-15-27)28-16-8-3-9-17-28/h1-23,32,34H/t32-,34+/m1/s1. The fraction of sp³-hybridized carbons (Fsp3) is 0.0571. The summed E-state index contributed by atoms with van der Waals surface area (Å²) in [4.78, 5) is 14.9. The summed E-state index contributed by atoms with van der Waals surface area (Å²) in [6.07, 6.45) is 0. The van der Waals surface area contributed by atoms with Crippen LogP contribution in [-0.2, 0) is 4.57 Å². The molecule has 0 radical (unpaired) electrons. The van der Waals surface area contributed by atoms with E-state index in [0.29, 0.717) is 10.6 Å². The number of hydrogen-bond acceptors (Lipinski definition) is 2. The molecule has 0 spiro atoms. The summed E-state index contributed by atoms with van der Waals surface area (Å²) in [5, 5.41) is 2.41. The van der Waals surface area contributed by atoms with E-state index in [1.807, 2.05) is 114 Å². The molecule has 1 aliphatic rings. The van der Waals surface area contributed by atoms with Gasteiger partial charge in [0, 0.05) is 37.6 Å². The highest BCUT2D eigenvalue weighted by atomic mass is 79.9. The van der Waals surface area contributed by atoms with Crippen LogP contribution in [0.5, 0.6) is 0 Å². The van der Waals surface area contributed by atoms with Crippen molar-refractivity contribution in [1.29, 1.82) is 0 Å². The van der Waals surface area contributed by atoms with Gasteiger partial charge in [-0.05, 0) is 29.3 Å². The Morgan fingerprint density at radius 2 is 1.15 bits per heavy atom. The monoisotopic (exact) mass is 601 g/mol. The molecule has 7 rings (SSSR count). The minimum Gasteiger partial charge on any atom is -0.313 e. The molecule has 40 heavy (non-hydrogen) atoms. The van der Waals surface area contributed by atoms with Gasteiger partial charge in [0.05, 0.1) is 5.52 Å². The van der Waals surface area contributed by atoms with Gasteiger partial charge in [0.15, 0.2) is 7.14 Å². The predicted octanol–water partition coefficient (Wildman–Crippen LogP) is 8.24. The number of carbonyl (C=O) groups excluding carboxylic acids is 1. The van der Waals surface area contributed by atoms with E-state index in [1.165, 1.54) is 0 Å². The Morgan fingerprint density at radius 3 is 1.75 bits per heavy atom. The van der Waals surface area contributed by atoms with Crippen LogP contribution in [0, 0.1) is 0 Å². The lowest BCUT2D eigenvalue weighted by atomic mass is 9.89. The third kappa shape index (κ3) is 3.78. The molecule has 0 bridgehead atoms. The number of hydrogen-bond donors (Lipinski definition) is 0. The largest absolute Gasteiger partial charge is 0.313 e. The highest BCUT2D eigenvalue weighted by Crippen LogP contribution is 2.60.